The van der Waals surface area contributed by atoms with Crippen LogP contribution in [0.15, 0.2) is 36.8 Å². The number of hydrogen-bond donors (Lipinski definition) is 1. The predicted octanol–water partition coefficient (Wildman–Crippen LogP) is 4.01. The van der Waals surface area contributed by atoms with Crippen LogP contribution in [0.1, 0.15) is 25.5 Å². The second-order valence-electron chi connectivity index (χ2n) is 8.23. The summed E-state index contributed by atoms with van der Waals surface area (Å²) in [6.07, 6.45) is 7.71. The predicted molar refractivity (Wildman–Crippen MR) is 111 cm³/mol. The molecule has 1 atom stereocenters. The molecule has 1 N–H and O–H groups in total. The highest BCUT2D eigenvalue weighted by atomic mass is 19.1. The zero-order valence-corrected chi connectivity index (χ0v) is 17.0. The van der Waals surface area contributed by atoms with Gasteiger partial charge in [0.25, 0.3) is 0 Å². The lowest BCUT2D eigenvalue weighted by atomic mass is 9.79. The van der Waals surface area contributed by atoms with Crippen molar-refractivity contribution in [2.75, 3.05) is 13.7 Å². The number of pyridine rings is 2. The Morgan fingerprint density at radius 1 is 1.23 bits per heavy atom. The maximum Gasteiger partial charge on any atom is 0.155 e. The van der Waals surface area contributed by atoms with Gasteiger partial charge in [-0.1, -0.05) is 6.92 Å². The van der Waals surface area contributed by atoms with Gasteiger partial charge in [-0.3, -0.25) is 14.8 Å². The lowest BCUT2D eigenvalue weighted by Gasteiger charge is -2.34. The molecular formula is C22H23FN6O. The molecule has 1 aliphatic rings. The molecule has 0 fully saturated rings. The summed E-state index contributed by atoms with van der Waals surface area (Å²) in [4.78, 5) is 8.69. The van der Waals surface area contributed by atoms with E-state index in [1.165, 1.54) is 18.0 Å². The fourth-order valence-electron chi connectivity index (χ4n) is 4.34. The van der Waals surface area contributed by atoms with Crippen molar-refractivity contribution in [1.29, 1.82) is 0 Å². The van der Waals surface area contributed by atoms with Gasteiger partial charge in [0.2, 0.25) is 0 Å². The number of H-pyrrole nitrogens is 1. The fraction of sp³-hybridized carbons (Fsp3) is 0.364. The summed E-state index contributed by atoms with van der Waals surface area (Å²) in [6.45, 7) is 3.82. The average Bonchev–Trinajstić information content (AvgIpc) is 3.37. The van der Waals surface area contributed by atoms with E-state index in [0.717, 1.165) is 60.3 Å². The van der Waals surface area contributed by atoms with Crippen LogP contribution in [0.4, 0.5) is 4.39 Å². The van der Waals surface area contributed by atoms with Crippen molar-refractivity contribution in [3.8, 4) is 22.5 Å². The maximum atomic E-state index is 13.5. The normalized spacial score (nSPS) is 18.6. The van der Waals surface area contributed by atoms with E-state index in [1.807, 2.05) is 6.07 Å². The SMILES string of the molecule is COCC[C@@]1(C)CCc2c(-c3ccnc4[nH]ncc34)c(-c3ccc(F)cn3)nn2C1. The fourth-order valence-corrected chi connectivity index (χ4v) is 4.34. The quantitative estimate of drug-likeness (QED) is 0.542. The zero-order chi connectivity index (χ0) is 20.7. The van der Waals surface area contributed by atoms with Gasteiger partial charge in [0.15, 0.2) is 5.65 Å². The van der Waals surface area contributed by atoms with Crippen molar-refractivity contribution in [2.24, 2.45) is 5.41 Å². The molecule has 0 radical (unpaired) electrons. The number of halogens is 1. The number of nitrogens with zero attached hydrogens (tertiary/aromatic N) is 5. The summed E-state index contributed by atoms with van der Waals surface area (Å²) in [5.74, 6) is -0.363. The minimum Gasteiger partial charge on any atom is -0.385 e. The molecule has 0 aromatic carbocycles. The van der Waals surface area contributed by atoms with Crippen molar-refractivity contribution in [3.63, 3.8) is 0 Å². The summed E-state index contributed by atoms with van der Waals surface area (Å²) in [6, 6.07) is 5.10. The Labute approximate surface area is 173 Å². The highest BCUT2D eigenvalue weighted by Crippen LogP contribution is 2.43. The molecule has 0 saturated heterocycles. The second-order valence-corrected chi connectivity index (χ2v) is 8.23. The summed E-state index contributed by atoms with van der Waals surface area (Å²) >= 11 is 0. The lowest BCUT2D eigenvalue weighted by molar-refractivity contribution is 0.113. The van der Waals surface area contributed by atoms with E-state index in [0.29, 0.717) is 5.69 Å². The maximum absolute atomic E-state index is 13.5. The van der Waals surface area contributed by atoms with Crippen LogP contribution in [0.2, 0.25) is 0 Å². The van der Waals surface area contributed by atoms with Crippen LogP contribution in [0.25, 0.3) is 33.5 Å². The molecule has 7 nitrogen and oxygen atoms in total. The number of ether oxygens (including phenoxy) is 1. The van der Waals surface area contributed by atoms with Crippen molar-refractivity contribution < 1.29 is 9.13 Å². The number of nitrogens with one attached hydrogen (secondary N) is 1. The highest BCUT2D eigenvalue weighted by molar-refractivity contribution is 5.97. The Morgan fingerprint density at radius 3 is 2.93 bits per heavy atom. The van der Waals surface area contributed by atoms with Crippen LogP contribution in [0.5, 0.6) is 0 Å². The summed E-state index contributed by atoms with van der Waals surface area (Å²) in [5.41, 5.74) is 5.46. The lowest BCUT2D eigenvalue weighted by Crippen LogP contribution is -2.31. The third-order valence-corrected chi connectivity index (χ3v) is 6.06. The topological polar surface area (TPSA) is 81.5 Å². The van der Waals surface area contributed by atoms with Gasteiger partial charge in [-0.15, -0.1) is 0 Å². The molecule has 0 bridgehead atoms. The molecule has 30 heavy (non-hydrogen) atoms. The number of hydrogen-bond acceptors (Lipinski definition) is 5. The van der Waals surface area contributed by atoms with Crippen molar-refractivity contribution >= 4 is 11.0 Å². The van der Waals surface area contributed by atoms with Crippen LogP contribution >= 0.6 is 0 Å². The zero-order valence-electron chi connectivity index (χ0n) is 17.0. The van der Waals surface area contributed by atoms with Crippen LogP contribution < -0.4 is 0 Å². The summed E-state index contributed by atoms with van der Waals surface area (Å²) in [7, 11) is 1.74. The standard InChI is InChI=1S/C22H23FN6O/c1-22(8-10-30-2)7-5-18-19(15-6-9-24-21-16(15)12-26-27-21)20(28-29(18)13-22)17-4-3-14(23)11-25-17/h3-4,6,9,11-12H,5,7-8,10,13H2,1-2H3,(H,24,26,27)/t22-/m1/s1. The van der Waals surface area contributed by atoms with E-state index in [2.05, 4.69) is 31.8 Å². The van der Waals surface area contributed by atoms with Gasteiger partial charge in [0.1, 0.15) is 11.5 Å². The van der Waals surface area contributed by atoms with Gasteiger partial charge in [-0.05, 0) is 48.4 Å². The molecule has 0 amide bonds. The van der Waals surface area contributed by atoms with Gasteiger partial charge in [-0.25, -0.2) is 9.37 Å². The Balaban J connectivity index is 1.69. The Kier molecular flexibility index (Phi) is 4.58. The van der Waals surface area contributed by atoms with Gasteiger partial charge in [-0.2, -0.15) is 10.2 Å². The number of aromatic nitrogens is 6. The van der Waals surface area contributed by atoms with Gasteiger partial charge >= 0.3 is 0 Å². The monoisotopic (exact) mass is 406 g/mol. The van der Waals surface area contributed by atoms with Gasteiger partial charge in [0, 0.05) is 43.1 Å². The van der Waals surface area contributed by atoms with Gasteiger partial charge < -0.3 is 4.74 Å². The van der Waals surface area contributed by atoms with Gasteiger partial charge in [0.05, 0.1) is 18.1 Å². The Bertz CT molecular complexity index is 1200. The highest BCUT2D eigenvalue weighted by Gasteiger charge is 2.34. The number of methoxy groups -OCH3 is 1. The minimum atomic E-state index is -0.363. The second kappa shape index (κ2) is 7.28. The third kappa shape index (κ3) is 3.17. The molecule has 0 saturated carbocycles. The molecular weight excluding hydrogens is 383 g/mol. The van der Waals surface area contributed by atoms with E-state index < -0.39 is 0 Å². The first-order valence-corrected chi connectivity index (χ1v) is 10.1. The smallest absolute Gasteiger partial charge is 0.155 e. The minimum absolute atomic E-state index is 0.114. The van der Waals surface area contributed by atoms with Crippen LogP contribution in [0.3, 0.4) is 0 Å². The summed E-state index contributed by atoms with van der Waals surface area (Å²) in [5, 5.41) is 13.0. The molecule has 5 heterocycles. The van der Waals surface area contributed by atoms with E-state index >= 15 is 0 Å². The van der Waals surface area contributed by atoms with Crippen molar-refractivity contribution in [2.45, 2.75) is 32.7 Å². The molecule has 154 valence electrons. The first-order valence-electron chi connectivity index (χ1n) is 10.1. The molecule has 5 rings (SSSR count). The van der Waals surface area contributed by atoms with Crippen molar-refractivity contribution in [1.82, 2.24) is 29.9 Å². The molecule has 0 aliphatic carbocycles. The first-order chi connectivity index (χ1) is 14.6. The first kappa shape index (κ1) is 18.9. The summed E-state index contributed by atoms with van der Waals surface area (Å²) < 4.78 is 20.9. The van der Waals surface area contributed by atoms with Crippen molar-refractivity contribution in [3.05, 3.63) is 48.3 Å². The molecule has 4 aromatic rings. The third-order valence-electron chi connectivity index (χ3n) is 6.06. The largest absolute Gasteiger partial charge is 0.385 e. The molecule has 0 unspecified atom stereocenters. The van der Waals surface area contributed by atoms with E-state index in [9.17, 15) is 4.39 Å². The van der Waals surface area contributed by atoms with E-state index in [1.54, 1.807) is 25.6 Å². The average molecular weight is 406 g/mol. The molecule has 4 aromatic heterocycles. The molecule has 0 spiro atoms. The number of aromatic amines is 1. The number of rotatable bonds is 5. The molecule has 8 heteroatoms. The van der Waals surface area contributed by atoms with E-state index in [-0.39, 0.29) is 11.2 Å². The van der Waals surface area contributed by atoms with E-state index in [4.69, 9.17) is 9.84 Å². The van der Waals surface area contributed by atoms with Crippen LogP contribution in [-0.2, 0) is 17.7 Å². The van der Waals surface area contributed by atoms with Crippen LogP contribution in [0, 0.1) is 11.2 Å². The molecule has 1 aliphatic heterocycles. The number of fused-ring (bicyclic) bond motifs is 2. The Morgan fingerprint density at radius 2 is 2.13 bits per heavy atom. The Hall–Kier alpha value is -3.13. The van der Waals surface area contributed by atoms with Crippen LogP contribution in [-0.4, -0.2) is 43.7 Å².